The number of amides is 1. The summed E-state index contributed by atoms with van der Waals surface area (Å²) in [7, 11) is 0. The van der Waals surface area contributed by atoms with E-state index in [4.69, 9.17) is 9.15 Å². The quantitative estimate of drug-likeness (QED) is 0.332. The maximum atomic E-state index is 13.8. The zero-order valence-corrected chi connectivity index (χ0v) is 20.5. The predicted molar refractivity (Wildman–Crippen MR) is 128 cm³/mol. The van der Waals surface area contributed by atoms with E-state index in [1.165, 1.54) is 24.7 Å². The Labute approximate surface area is 210 Å². The van der Waals surface area contributed by atoms with Gasteiger partial charge in [-0.1, -0.05) is 15.9 Å². The molecule has 4 rings (SSSR count). The number of aryl methyl sites for hydroxylation is 1. The summed E-state index contributed by atoms with van der Waals surface area (Å²) in [6.45, 7) is 3.67. The van der Waals surface area contributed by atoms with Crippen LogP contribution in [0.15, 0.2) is 68.7 Å². The zero-order valence-electron chi connectivity index (χ0n) is 18.9. The summed E-state index contributed by atoms with van der Waals surface area (Å²) >= 11 is 3.15. The number of alkyl halides is 3. The first-order valence-electron chi connectivity index (χ1n) is 10.5. The van der Waals surface area contributed by atoms with Gasteiger partial charge in [0, 0.05) is 28.2 Å². The summed E-state index contributed by atoms with van der Waals surface area (Å²) in [5.74, 6) is -0.0415. The Morgan fingerprint density at radius 1 is 1.17 bits per heavy atom. The monoisotopic (exact) mass is 562 g/mol. The average Bonchev–Trinajstić information content (AvgIpc) is 3.34. The number of nitrogens with one attached hydrogen (secondary N) is 1. The van der Waals surface area contributed by atoms with Crippen molar-refractivity contribution >= 4 is 22.0 Å². The van der Waals surface area contributed by atoms with Crippen molar-refractivity contribution in [1.82, 2.24) is 20.1 Å². The molecule has 1 N–H and O–H groups in total. The van der Waals surface area contributed by atoms with Crippen LogP contribution in [0, 0.1) is 6.92 Å². The van der Waals surface area contributed by atoms with E-state index in [0.29, 0.717) is 26.0 Å². The van der Waals surface area contributed by atoms with Gasteiger partial charge in [0.1, 0.15) is 0 Å². The van der Waals surface area contributed by atoms with E-state index >= 15 is 0 Å². The summed E-state index contributed by atoms with van der Waals surface area (Å²) in [4.78, 5) is 29.2. The molecule has 0 fully saturated rings. The SMILES string of the molecule is CCNC(=O)Oc1cc(-c2cc(C)cc(-c3cnco3)c2)nn(-c2cc(Br)ccc2C(F)(F)F)c1=O. The molecule has 1 amide bonds. The smallest absolute Gasteiger partial charge is 0.418 e. The summed E-state index contributed by atoms with van der Waals surface area (Å²) in [5.41, 5.74) is -0.724. The standard InChI is InChI=1S/C24H18BrF3N4O4/c1-3-30-23(34)36-20-10-18(14-6-13(2)7-15(8-14)21-11-29-12-35-21)31-32(22(20)33)19-9-16(25)4-5-17(19)24(26,27)28/h4-12H,3H2,1-2H3,(H,30,34). The summed E-state index contributed by atoms with van der Waals surface area (Å²) in [6, 6.07) is 9.58. The molecule has 0 spiro atoms. The van der Waals surface area contributed by atoms with Gasteiger partial charge < -0.3 is 14.5 Å². The van der Waals surface area contributed by atoms with Crippen LogP contribution in [0.5, 0.6) is 5.75 Å². The van der Waals surface area contributed by atoms with E-state index in [1.807, 2.05) is 13.0 Å². The topological polar surface area (TPSA) is 99.2 Å². The highest BCUT2D eigenvalue weighted by molar-refractivity contribution is 9.10. The van der Waals surface area contributed by atoms with Crippen LogP contribution in [0.1, 0.15) is 18.1 Å². The van der Waals surface area contributed by atoms with Gasteiger partial charge in [-0.05, 0) is 55.8 Å². The van der Waals surface area contributed by atoms with Crippen molar-refractivity contribution in [3.05, 3.63) is 81.0 Å². The molecule has 0 radical (unpaired) electrons. The lowest BCUT2D eigenvalue weighted by Gasteiger charge is -2.16. The molecule has 0 aliphatic carbocycles. The van der Waals surface area contributed by atoms with Crippen molar-refractivity contribution in [2.24, 2.45) is 0 Å². The molecular formula is C24H18BrF3N4O4. The Morgan fingerprint density at radius 2 is 1.92 bits per heavy atom. The second-order valence-corrected chi connectivity index (χ2v) is 8.56. The lowest BCUT2D eigenvalue weighted by molar-refractivity contribution is -0.137. The number of carbonyl (C=O) groups is 1. The van der Waals surface area contributed by atoms with Gasteiger partial charge in [-0.25, -0.2) is 9.78 Å². The van der Waals surface area contributed by atoms with Gasteiger partial charge in [0.15, 0.2) is 12.2 Å². The second-order valence-electron chi connectivity index (χ2n) is 7.64. The Morgan fingerprint density at radius 3 is 2.58 bits per heavy atom. The molecule has 0 bridgehead atoms. The maximum absolute atomic E-state index is 13.8. The molecule has 2 aromatic carbocycles. The van der Waals surface area contributed by atoms with E-state index < -0.39 is 34.8 Å². The van der Waals surface area contributed by atoms with E-state index in [2.05, 4.69) is 31.3 Å². The third kappa shape index (κ3) is 5.33. The Kier molecular flexibility index (Phi) is 6.97. The van der Waals surface area contributed by atoms with Gasteiger partial charge in [-0.3, -0.25) is 4.79 Å². The molecule has 0 aliphatic rings. The highest BCUT2D eigenvalue weighted by Crippen LogP contribution is 2.35. The highest BCUT2D eigenvalue weighted by atomic mass is 79.9. The fourth-order valence-corrected chi connectivity index (χ4v) is 3.83. The molecule has 186 valence electrons. The van der Waals surface area contributed by atoms with Crippen LogP contribution in [0.2, 0.25) is 0 Å². The minimum atomic E-state index is -4.78. The lowest BCUT2D eigenvalue weighted by Crippen LogP contribution is -2.31. The van der Waals surface area contributed by atoms with Gasteiger partial charge in [0.2, 0.25) is 5.75 Å². The molecule has 0 atom stereocenters. The fraction of sp³-hybridized carbons (Fsp3) is 0.167. The van der Waals surface area contributed by atoms with E-state index in [-0.39, 0.29) is 12.2 Å². The molecular weight excluding hydrogens is 545 g/mol. The number of carbonyl (C=O) groups excluding carboxylic acids is 1. The van der Waals surface area contributed by atoms with Crippen LogP contribution in [-0.2, 0) is 6.18 Å². The van der Waals surface area contributed by atoms with Gasteiger partial charge >= 0.3 is 17.8 Å². The van der Waals surface area contributed by atoms with Crippen molar-refractivity contribution in [1.29, 1.82) is 0 Å². The number of benzene rings is 2. The first-order chi connectivity index (χ1) is 17.1. The number of halogens is 4. The maximum Gasteiger partial charge on any atom is 0.418 e. The molecule has 8 nitrogen and oxygen atoms in total. The molecule has 0 saturated heterocycles. The van der Waals surface area contributed by atoms with Crippen LogP contribution in [0.4, 0.5) is 18.0 Å². The van der Waals surface area contributed by atoms with Crippen molar-refractivity contribution in [3.63, 3.8) is 0 Å². The third-order valence-corrected chi connectivity index (χ3v) is 5.48. The third-order valence-electron chi connectivity index (χ3n) is 4.99. The van der Waals surface area contributed by atoms with Crippen molar-refractivity contribution in [2.45, 2.75) is 20.0 Å². The number of hydrogen-bond donors (Lipinski definition) is 1. The van der Waals surface area contributed by atoms with Crippen LogP contribution in [-0.4, -0.2) is 27.4 Å². The molecule has 4 aromatic rings. The average molecular weight is 563 g/mol. The lowest BCUT2D eigenvalue weighted by atomic mass is 10.0. The van der Waals surface area contributed by atoms with Gasteiger partial charge in [0.25, 0.3) is 0 Å². The van der Waals surface area contributed by atoms with Crippen LogP contribution in [0.3, 0.4) is 0 Å². The highest BCUT2D eigenvalue weighted by Gasteiger charge is 2.35. The molecule has 0 unspecified atom stereocenters. The van der Waals surface area contributed by atoms with Crippen LogP contribution >= 0.6 is 15.9 Å². The number of nitrogens with zero attached hydrogens (tertiary/aromatic N) is 3. The molecule has 2 aromatic heterocycles. The first kappa shape index (κ1) is 25.2. The number of hydrogen-bond acceptors (Lipinski definition) is 6. The zero-order chi connectivity index (χ0) is 26.0. The number of ether oxygens (including phenoxy) is 1. The summed E-state index contributed by atoms with van der Waals surface area (Å²) in [6.07, 6.45) is -2.94. The van der Waals surface area contributed by atoms with E-state index in [0.717, 1.165) is 17.7 Å². The summed E-state index contributed by atoms with van der Waals surface area (Å²) < 4.78 is 52.8. The molecule has 12 heteroatoms. The minimum Gasteiger partial charge on any atom is -0.444 e. The predicted octanol–water partition coefficient (Wildman–Crippen LogP) is 5.75. The van der Waals surface area contributed by atoms with Gasteiger partial charge in [0.05, 0.1) is 23.1 Å². The molecule has 0 saturated carbocycles. The summed E-state index contributed by atoms with van der Waals surface area (Å²) in [5, 5.41) is 6.62. The number of aromatic nitrogens is 3. The van der Waals surface area contributed by atoms with Crippen molar-refractivity contribution < 1.29 is 27.1 Å². The normalized spacial score (nSPS) is 11.4. The van der Waals surface area contributed by atoms with Crippen molar-refractivity contribution in [3.8, 4) is 34.0 Å². The Balaban J connectivity index is 1.98. The fourth-order valence-electron chi connectivity index (χ4n) is 3.48. The van der Waals surface area contributed by atoms with Gasteiger partial charge in [-0.15, -0.1) is 0 Å². The minimum absolute atomic E-state index is 0.0893. The van der Waals surface area contributed by atoms with E-state index in [9.17, 15) is 22.8 Å². The second kappa shape index (κ2) is 9.97. The van der Waals surface area contributed by atoms with E-state index in [1.54, 1.807) is 19.1 Å². The van der Waals surface area contributed by atoms with Crippen LogP contribution in [0.25, 0.3) is 28.3 Å². The molecule has 0 aliphatic heterocycles. The van der Waals surface area contributed by atoms with Gasteiger partial charge in [-0.2, -0.15) is 23.0 Å². The molecule has 2 heterocycles. The van der Waals surface area contributed by atoms with Crippen LogP contribution < -0.4 is 15.6 Å². The Hall–Kier alpha value is -3.93. The largest absolute Gasteiger partial charge is 0.444 e. The number of oxazole rings is 1. The first-order valence-corrected chi connectivity index (χ1v) is 11.3. The van der Waals surface area contributed by atoms with Crippen molar-refractivity contribution in [2.75, 3.05) is 6.54 Å². The number of rotatable bonds is 5. The molecule has 36 heavy (non-hydrogen) atoms. The Bertz CT molecular complexity index is 1480.